The molecule has 1 saturated carbocycles. The summed E-state index contributed by atoms with van der Waals surface area (Å²) in [5.74, 6) is 1.06. The predicted molar refractivity (Wildman–Crippen MR) is 122 cm³/mol. The minimum Gasteiger partial charge on any atom is -0.493 e. The van der Waals surface area contributed by atoms with Gasteiger partial charge in [-0.25, -0.2) is 0 Å². The van der Waals surface area contributed by atoms with Crippen LogP contribution >= 0.6 is 0 Å². The molecule has 172 valence electrons. The zero-order valence-electron chi connectivity index (χ0n) is 19.1. The molecule has 32 heavy (non-hydrogen) atoms. The molecule has 0 bridgehead atoms. The first-order valence-corrected chi connectivity index (χ1v) is 11.3. The molecule has 2 aromatic rings. The highest BCUT2D eigenvalue weighted by Crippen LogP contribution is 2.43. The number of carbonyl (C=O) groups excluding carboxylic acids is 1. The van der Waals surface area contributed by atoms with E-state index in [1.165, 1.54) is 0 Å². The minimum absolute atomic E-state index is 0.222. The lowest BCUT2D eigenvalue weighted by atomic mass is 9.91. The lowest BCUT2D eigenvalue weighted by Gasteiger charge is -2.38. The van der Waals surface area contributed by atoms with Gasteiger partial charge in [-0.05, 0) is 74.8 Å². The molecule has 0 unspecified atom stereocenters. The summed E-state index contributed by atoms with van der Waals surface area (Å²) in [5, 5.41) is 10.6. The molecule has 7 nitrogen and oxygen atoms in total. The molecule has 1 aromatic heterocycles. The van der Waals surface area contributed by atoms with Crippen molar-refractivity contribution in [2.24, 2.45) is 0 Å². The van der Waals surface area contributed by atoms with Crippen molar-refractivity contribution in [2.75, 3.05) is 20.8 Å². The molecule has 2 heterocycles. The van der Waals surface area contributed by atoms with Crippen LogP contribution in [0.1, 0.15) is 53.6 Å². The molecule has 4 rings (SSSR count). The summed E-state index contributed by atoms with van der Waals surface area (Å²) in [5.41, 5.74) is 1.13. The Morgan fingerprint density at radius 2 is 1.91 bits per heavy atom. The van der Waals surface area contributed by atoms with Gasteiger partial charge >= 0.3 is 0 Å². The number of ether oxygens (including phenoxy) is 2. The van der Waals surface area contributed by atoms with Gasteiger partial charge in [0, 0.05) is 19.3 Å². The van der Waals surface area contributed by atoms with Crippen LogP contribution in [0, 0.1) is 6.92 Å². The summed E-state index contributed by atoms with van der Waals surface area (Å²) in [6.07, 6.45) is 5.95. The number of carbonyl (C=O) groups is 1. The van der Waals surface area contributed by atoms with Crippen LogP contribution in [0.3, 0.4) is 0 Å². The molecule has 2 fully saturated rings. The number of hydrogen-bond acceptors (Lipinski definition) is 5. The number of aliphatic hydroxyl groups is 1. The Balaban J connectivity index is 1.58. The van der Waals surface area contributed by atoms with E-state index in [0.717, 1.165) is 31.2 Å². The highest BCUT2D eigenvalue weighted by Gasteiger charge is 2.51. The number of amides is 1. The first-order chi connectivity index (χ1) is 15.4. The van der Waals surface area contributed by atoms with Crippen LogP contribution in [0.25, 0.3) is 0 Å². The maximum Gasteiger partial charge on any atom is 0.263 e. The Kier molecular flexibility index (Phi) is 6.29. The van der Waals surface area contributed by atoms with E-state index < -0.39 is 11.6 Å². The lowest BCUT2D eigenvalue weighted by Crippen LogP contribution is -2.53. The Morgan fingerprint density at radius 1 is 1.16 bits per heavy atom. The van der Waals surface area contributed by atoms with E-state index in [0.29, 0.717) is 43.0 Å². The van der Waals surface area contributed by atoms with Gasteiger partial charge in [-0.3, -0.25) is 9.59 Å². The average molecular weight is 441 g/mol. The van der Waals surface area contributed by atoms with E-state index in [9.17, 15) is 14.7 Å². The zero-order chi connectivity index (χ0) is 22.9. The Labute approximate surface area is 188 Å². The molecular weight excluding hydrogens is 408 g/mol. The maximum absolute atomic E-state index is 13.5. The van der Waals surface area contributed by atoms with Crippen LogP contribution in [-0.2, 0) is 13.0 Å². The SMILES string of the molecule is COc1ccc(CCn2ccc(C)c(C(=O)N3CCC[C@@]34CCC[C@H]4O)c2=O)cc1OC. The second-order valence-electron chi connectivity index (χ2n) is 8.88. The van der Waals surface area contributed by atoms with Crippen LogP contribution in [0.5, 0.6) is 11.5 Å². The molecule has 7 heteroatoms. The first kappa shape index (κ1) is 22.4. The number of aliphatic hydroxyl groups excluding tert-OH is 1. The van der Waals surface area contributed by atoms with Crippen molar-refractivity contribution in [3.63, 3.8) is 0 Å². The molecule has 1 saturated heterocycles. The lowest BCUT2D eigenvalue weighted by molar-refractivity contribution is 0.0149. The standard InChI is InChI=1S/C25H32N2O5/c1-17-9-14-26(15-10-18-7-8-19(31-2)20(16-18)32-3)23(29)22(17)24(30)27-13-5-12-25(27)11-4-6-21(25)28/h7-9,14,16,21,28H,4-6,10-13,15H2,1-3H3/t21-,25-/m1/s1. The third-order valence-electron chi connectivity index (χ3n) is 7.16. The highest BCUT2D eigenvalue weighted by atomic mass is 16.5. The van der Waals surface area contributed by atoms with E-state index in [2.05, 4.69) is 0 Å². The van der Waals surface area contributed by atoms with E-state index in [1.807, 2.05) is 24.3 Å². The summed E-state index contributed by atoms with van der Waals surface area (Å²) in [7, 11) is 3.19. The number of methoxy groups -OCH3 is 2. The average Bonchev–Trinajstić information content (AvgIpc) is 3.39. The van der Waals surface area contributed by atoms with Crippen LogP contribution in [0.15, 0.2) is 35.3 Å². The third kappa shape index (κ3) is 3.79. The fraction of sp³-hybridized carbons (Fsp3) is 0.520. The number of nitrogens with zero attached hydrogens (tertiary/aromatic N) is 2. The third-order valence-corrected chi connectivity index (χ3v) is 7.16. The van der Waals surface area contributed by atoms with Crippen LogP contribution < -0.4 is 15.0 Å². The van der Waals surface area contributed by atoms with Gasteiger partial charge in [0.05, 0.1) is 25.9 Å². The normalized spacial score (nSPS) is 22.5. The van der Waals surface area contributed by atoms with Crippen LogP contribution in [0.4, 0.5) is 0 Å². The molecular formula is C25H32N2O5. The molecule has 1 aromatic carbocycles. The van der Waals surface area contributed by atoms with Crippen molar-refractivity contribution < 1.29 is 19.4 Å². The van der Waals surface area contributed by atoms with Crippen molar-refractivity contribution in [3.8, 4) is 11.5 Å². The summed E-state index contributed by atoms with van der Waals surface area (Å²) in [4.78, 5) is 28.7. The Morgan fingerprint density at radius 3 is 2.59 bits per heavy atom. The zero-order valence-corrected chi connectivity index (χ0v) is 19.1. The highest BCUT2D eigenvalue weighted by molar-refractivity contribution is 5.96. The van der Waals surface area contributed by atoms with Gasteiger partial charge in [-0.1, -0.05) is 6.07 Å². The van der Waals surface area contributed by atoms with Gasteiger partial charge in [0.25, 0.3) is 11.5 Å². The van der Waals surface area contributed by atoms with Crippen molar-refractivity contribution in [1.29, 1.82) is 0 Å². The van der Waals surface area contributed by atoms with Crippen molar-refractivity contribution in [1.82, 2.24) is 9.47 Å². The molecule has 0 radical (unpaired) electrons. The number of rotatable bonds is 6. The number of aryl methyl sites for hydroxylation is 3. The van der Waals surface area contributed by atoms with Gasteiger partial charge in [0.15, 0.2) is 11.5 Å². The fourth-order valence-corrected chi connectivity index (χ4v) is 5.37. The Hall–Kier alpha value is -2.80. The van der Waals surface area contributed by atoms with E-state index in [-0.39, 0.29) is 17.0 Å². The maximum atomic E-state index is 13.5. The predicted octanol–water partition coefficient (Wildman–Crippen LogP) is 2.94. The number of likely N-dealkylation sites (tertiary alicyclic amines) is 1. The van der Waals surface area contributed by atoms with Crippen molar-refractivity contribution >= 4 is 5.91 Å². The van der Waals surface area contributed by atoms with E-state index in [4.69, 9.17) is 9.47 Å². The molecule has 1 aliphatic carbocycles. The number of aromatic nitrogens is 1. The van der Waals surface area contributed by atoms with E-state index >= 15 is 0 Å². The van der Waals surface area contributed by atoms with Crippen molar-refractivity contribution in [2.45, 2.75) is 63.6 Å². The second-order valence-corrected chi connectivity index (χ2v) is 8.88. The van der Waals surface area contributed by atoms with Gasteiger partial charge < -0.3 is 24.0 Å². The molecule has 1 N–H and O–H groups in total. The molecule has 1 spiro atoms. The minimum atomic E-state index is -0.509. The monoisotopic (exact) mass is 440 g/mol. The van der Waals surface area contributed by atoms with Gasteiger partial charge in [0.1, 0.15) is 5.56 Å². The number of hydrogen-bond donors (Lipinski definition) is 1. The quantitative estimate of drug-likeness (QED) is 0.747. The first-order valence-electron chi connectivity index (χ1n) is 11.3. The molecule has 2 aliphatic rings. The summed E-state index contributed by atoms with van der Waals surface area (Å²) >= 11 is 0. The second kappa shape index (κ2) is 8.98. The fourth-order valence-electron chi connectivity index (χ4n) is 5.37. The topological polar surface area (TPSA) is 81.0 Å². The molecule has 2 atom stereocenters. The van der Waals surface area contributed by atoms with Crippen LogP contribution in [-0.4, -0.2) is 52.9 Å². The Bertz CT molecular complexity index is 1060. The largest absolute Gasteiger partial charge is 0.493 e. The molecule has 1 aliphatic heterocycles. The summed E-state index contributed by atoms with van der Waals surface area (Å²) < 4.78 is 12.3. The van der Waals surface area contributed by atoms with Gasteiger partial charge in [0.2, 0.25) is 0 Å². The summed E-state index contributed by atoms with van der Waals surface area (Å²) in [6.45, 7) is 2.85. The smallest absolute Gasteiger partial charge is 0.263 e. The van der Waals surface area contributed by atoms with Crippen molar-refractivity contribution in [3.05, 3.63) is 57.5 Å². The number of benzene rings is 1. The molecule has 1 amide bonds. The van der Waals surface area contributed by atoms with Gasteiger partial charge in [-0.2, -0.15) is 0 Å². The van der Waals surface area contributed by atoms with Crippen LogP contribution in [0.2, 0.25) is 0 Å². The van der Waals surface area contributed by atoms with E-state index in [1.54, 1.807) is 36.8 Å². The van der Waals surface area contributed by atoms with Gasteiger partial charge in [-0.15, -0.1) is 0 Å². The number of pyridine rings is 1. The summed E-state index contributed by atoms with van der Waals surface area (Å²) in [6, 6.07) is 7.53.